The van der Waals surface area contributed by atoms with Gasteiger partial charge >= 0.3 is 0 Å². The maximum atomic E-state index is 10.6. The van der Waals surface area contributed by atoms with Gasteiger partial charge in [-0.1, -0.05) is 102 Å². The van der Waals surface area contributed by atoms with E-state index in [-0.39, 0.29) is 5.41 Å². The van der Waals surface area contributed by atoms with E-state index in [1.807, 2.05) is 18.2 Å². The standard InChI is InChI=1S/C24H34O/c1-4-5-6-7-8-9-11-15-20-16-14-19-22(25)23(20)24(2,3)21-17-12-10-13-18-21/h10,12-14,16-19,25H,4-9,11,15H2,1-3H3. The number of aromatic hydroxyl groups is 1. The van der Waals surface area contributed by atoms with Gasteiger partial charge in [0, 0.05) is 11.0 Å². The SMILES string of the molecule is CCCCCCCCCc1cccc(O)c1C(C)(C)c1ccccc1. The molecule has 1 N–H and O–H groups in total. The van der Waals surface area contributed by atoms with Crippen molar-refractivity contribution >= 4 is 0 Å². The van der Waals surface area contributed by atoms with Crippen LogP contribution in [0.1, 0.15) is 82.4 Å². The number of phenols is 1. The maximum absolute atomic E-state index is 10.6. The van der Waals surface area contributed by atoms with Crippen molar-refractivity contribution in [3.63, 3.8) is 0 Å². The van der Waals surface area contributed by atoms with Crippen LogP contribution in [0.2, 0.25) is 0 Å². The first-order valence-electron chi connectivity index (χ1n) is 9.94. The Balaban J connectivity index is 2.06. The van der Waals surface area contributed by atoms with Crippen LogP contribution < -0.4 is 0 Å². The highest BCUT2D eigenvalue weighted by molar-refractivity contribution is 5.49. The van der Waals surface area contributed by atoms with Crippen molar-refractivity contribution in [3.05, 3.63) is 65.2 Å². The normalized spacial score (nSPS) is 11.6. The second-order valence-electron chi connectivity index (χ2n) is 7.67. The summed E-state index contributed by atoms with van der Waals surface area (Å²) in [5, 5.41) is 10.6. The van der Waals surface area contributed by atoms with E-state index in [1.54, 1.807) is 0 Å². The molecule has 2 rings (SSSR count). The summed E-state index contributed by atoms with van der Waals surface area (Å²) >= 11 is 0. The molecule has 136 valence electrons. The zero-order valence-corrected chi connectivity index (χ0v) is 16.2. The highest BCUT2D eigenvalue weighted by Crippen LogP contribution is 2.39. The van der Waals surface area contributed by atoms with E-state index in [2.05, 4.69) is 51.1 Å². The number of benzene rings is 2. The average molecular weight is 339 g/mol. The number of aryl methyl sites for hydroxylation is 1. The van der Waals surface area contributed by atoms with Crippen LogP contribution >= 0.6 is 0 Å². The Bertz CT molecular complexity index is 628. The molecular weight excluding hydrogens is 304 g/mol. The molecule has 0 amide bonds. The van der Waals surface area contributed by atoms with Crippen LogP contribution in [0, 0.1) is 0 Å². The highest BCUT2D eigenvalue weighted by Gasteiger charge is 2.28. The molecule has 0 atom stereocenters. The third kappa shape index (κ3) is 5.36. The quantitative estimate of drug-likeness (QED) is 0.462. The lowest BCUT2D eigenvalue weighted by atomic mass is 9.75. The predicted octanol–water partition coefficient (Wildman–Crippen LogP) is 7.01. The Morgan fingerprint density at radius 2 is 1.40 bits per heavy atom. The first-order valence-corrected chi connectivity index (χ1v) is 9.94. The van der Waals surface area contributed by atoms with Gasteiger partial charge < -0.3 is 5.11 Å². The second kappa shape index (κ2) is 9.65. The van der Waals surface area contributed by atoms with E-state index in [1.165, 1.54) is 56.1 Å². The van der Waals surface area contributed by atoms with Crippen LogP contribution in [0.3, 0.4) is 0 Å². The number of hydrogen-bond acceptors (Lipinski definition) is 1. The van der Waals surface area contributed by atoms with Crippen LogP contribution in [0.15, 0.2) is 48.5 Å². The van der Waals surface area contributed by atoms with Gasteiger partial charge in [0.15, 0.2) is 0 Å². The highest BCUT2D eigenvalue weighted by atomic mass is 16.3. The Morgan fingerprint density at radius 1 is 0.760 bits per heavy atom. The Labute approximate surface area is 154 Å². The van der Waals surface area contributed by atoms with Gasteiger partial charge in [-0.2, -0.15) is 0 Å². The van der Waals surface area contributed by atoms with Gasteiger partial charge in [-0.05, 0) is 30.0 Å². The van der Waals surface area contributed by atoms with Gasteiger partial charge in [-0.15, -0.1) is 0 Å². The van der Waals surface area contributed by atoms with E-state index in [0.29, 0.717) is 5.75 Å². The summed E-state index contributed by atoms with van der Waals surface area (Å²) in [6.45, 7) is 6.69. The molecule has 0 heterocycles. The topological polar surface area (TPSA) is 20.2 Å². The van der Waals surface area contributed by atoms with Crippen molar-refractivity contribution < 1.29 is 5.11 Å². The van der Waals surface area contributed by atoms with Gasteiger partial charge in [0.1, 0.15) is 5.75 Å². The molecule has 0 aliphatic carbocycles. The van der Waals surface area contributed by atoms with E-state index >= 15 is 0 Å². The van der Waals surface area contributed by atoms with E-state index in [0.717, 1.165) is 12.0 Å². The molecule has 0 aliphatic rings. The molecule has 0 saturated heterocycles. The van der Waals surface area contributed by atoms with Crippen molar-refractivity contribution in [2.24, 2.45) is 0 Å². The molecular formula is C24H34O. The summed E-state index contributed by atoms with van der Waals surface area (Å²) in [7, 11) is 0. The monoisotopic (exact) mass is 338 g/mol. The first-order chi connectivity index (χ1) is 12.1. The third-order valence-corrected chi connectivity index (χ3v) is 5.30. The van der Waals surface area contributed by atoms with E-state index in [4.69, 9.17) is 0 Å². The van der Waals surface area contributed by atoms with Crippen LogP contribution in [0.5, 0.6) is 5.75 Å². The lowest BCUT2D eigenvalue weighted by Gasteiger charge is -2.29. The van der Waals surface area contributed by atoms with Crippen LogP contribution in [-0.4, -0.2) is 5.11 Å². The van der Waals surface area contributed by atoms with Crippen molar-refractivity contribution in [3.8, 4) is 5.75 Å². The third-order valence-electron chi connectivity index (χ3n) is 5.30. The fourth-order valence-corrected chi connectivity index (χ4v) is 3.79. The number of rotatable bonds is 10. The van der Waals surface area contributed by atoms with Crippen molar-refractivity contribution in [2.45, 2.75) is 77.6 Å². The minimum Gasteiger partial charge on any atom is -0.508 e. The molecule has 0 unspecified atom stereocenters. The molecule has 0 aliphatic heterocycles. The summed E-state index contributed by atoms with van der Waals surface area (Å²) < 4.78 is 0. The smallest absolute Gasteiger partial charge is 0.119 e. The molecule has 0 saturated carbocycles. The van der Waals surface area contributed by atoms with Gasteiger partial charge in [-0.3, -0.25) is 0 Å². The summed E-state index contributed by atoms with van der Waals surface area (Å²) in [6.07, 6.45) is 10.3. The molecule has 0 bridgehead atoms. The van der Waals surface area contributed by atoms with Gasteiger partial charge in [0.25, 0.3) is 0 Å². The molecule has 2 aromatic rings. The maximum Gasteiger partial charge on any atom is 0.119 e. The zero-order chi connectivity index (χ0) is 18.1. The zero-order valence-electron chi connectivity index (χ0n) is 16.2. The van der Waals surface area contributed by atoms with E-state index in [9.17, 15) is 5.11 Å². The Morgan fingerprint density at radius 3 is 2.08 bits per heavy atom. The van der Waals surface area contributed by atoms with Crippen LogP contribution in [0.25, 0.3) is 0 Å². The summed E-state index contributed by atoms with van der Waals surface area (Å²) in [5.74, 6) is 0.425. The largest absolute Gasteiger partial charge is 0.508 e. The second-order valence-corrected chi connectivity index (χ2v) is 7.67. The average Bonchev–Trinajstić information content (AvgIpc) is 2.61. The number of hydrogen-bond donors (Lipinski definition) is 1. The summed E-state index contributed by atoms with van der Waals surface area (Å²) in [5.41, 5.74) is 3.44. The molecule has 0 aromatic heterocycles. The van der Waals surface area contributed by atoms with Crippen molar-refractivity contribution in [2.75, 3.05) is 0 Å². The molecule has 2 aromatic carbocycles. The van der Waals surface area contributed by atoms with Crippen LogP contribution in [-0.2, 0) is 11.8 Å². The molecule has 1 heteroatoms. The Kier molecular flexibility index (Phi) is 7.55. The molecule has 0 spiro atoms. The van der Waals surface area contributed by atoms with Crippen molar-refractivity contribution in [1.82, 2.24) is 0 Å². The molecule has 0 radical (unpaired) electrons. The molecule has 25 heavy (non-hydrogen) atoms. The van der Waals surface area contributed by atoms with Gasteiger partial charge in [-0.25, -0.2) is 0 Å². The molecule has 0 fully saturated rings. The first kappa shape index (κ1) is 19.6. The number of phenolic OH excluding ortho intramolecular Hbond substituents is 1. The molecule has 1 nitrogen and oxygen atoms in total. The minimum atomic E-state index is -0.191. The van der Waals surface area contributed by atoms with Gasteiger partial charge in [0.05, 0.1) is 0 Å². The lowest BCUT2D eigenvalue weighted by molar-refractivity contribution is 0.450. The van der Waals surface area contributed by atoms with Crippen LogP contribution in [0.4, 0.5) is 0 Å². The van der Waals surface area contributed by atoms with Crippen molar-refractivity contribution in [1.29, 1.82) is 0 Å². The summed E-state index contributed by atoms with van der Waals surface area (Å²) in [6, 6.07) is 16.5. The lowest BCUT2D eigenvalue weighted by Crippen LogP contribution is -2.21. The predicted molar refractivity (Wildman–Crippen MR) is 108 cm³/mol. The van der Waals surface area contributed by atoms with E-state index < -0.39 is 0 Å². The summed E-state index contributed by atoms with van der Waals surface area (Å²) in [4.78, 5) is 0. The van der Waals surface area contributed by atoms with Gasteiger partial charge in [0.2, 0.25) is 0 Å². The minimum absolute atomic E-state index is 0.191. The fraction of sp³-hybridized carbons (Fsp3) is 0.500. The Hall–Kier alpha value is -1.76. The number of unbranched alkanes of at least 4 members (excludes halogenated alkanes) is 6. The fourth-order valence-electron chi connectivity index (χ4n) is 3.79.